The standard InChI is InChI=1S/C13H12O4.Ni/c14-11(15)8-6-13-4-2-1-3-9(13)10(12(16)17)7(8)5-13;/h1-4,6-7,9-10H,5H2,(H,14,15)(H,16,17);. The van der Waals surface area contributed by atoms with Crippen LogP contribution in [0.4, 0.5) is 0 Å². The van der Waals surface area contributed by atoms with Crippen molar-refractivity contribution < 1.29 is 36.3 Å². The Labute approximate surface area is 114 Å². The summed E-state index contributed by atoms with van der Waals surface area (Å²) < 4.78 is 0. The number of aliphatic carboxylic acids is 2. The predicted molar refractivity (Wildman–Crippen MR) is 59.2 cm³/mol. The second kappa shape index (κ2) is 4.09. The Morgan fingerprint density at radius 2 is 2.00 bits per heavy atom. The molecule has 2 bridgehead atoms. The molecule has 0 radical (unpaired) electrons. The van der Waals surface area contributed by atoms with Gasteiger partial charge in [0.05, 0.1) is 5.92 Å². The van der Waals surface area contributed by atoms with Crippen molar-refractivity contribution in [3.8, 4) is 0 Å². The fourth-order valence-corrected chi connectivity index (χ4v) is 3.57. The first kappa shape index (κ1) is 13.1. The van der Waals surface area contributed by atoms with Gasteiger partial charge in [-0.05, 0) is 6.42 Å². The number of hydrogen-bond donors (Lipinski definition) is 2. The van der Waals surface area contributed by atoms with Crippen LogP contribution in [0.3, 0.4) is 0 Å². The molecule has 0 saturated heterocycles. The Morgan fingerprint density at radius 1 is 1.28 bits per heavy atom. The first-order chi connectivity index (χ1) is 8.05. The van der Waals surface area contributed by atoms with Gasteiger partial charge in [0.2, 0.25) is 0 Å². The van der Waals surface area contributed by atoms with Crippen molar-refractivity contribution in [3.05, 3.63) is 36.0 Å². The van der Waals surface area contributed by atoms with Crippen molar-refractivity contribution in [2.24, 2.45) is 23.2 Å². The monoisotopic (exact) mass is 290 g/mol. The second-order valence-corrected chi connectivity index (χ2v) is 4.96. The summed E-state index contributed by atoms with van der Waals surface area (Å²) in [5.74, 6) is -2.94. The van der Waals surface area contributed by atoms with E-state index in [0.29, 0.717) is 6.42 Å². The minimum absolute atomic E-state index is 0. The fourth-order valence-electron chi connectivity index (χ4n) is 3.57. The number of rotatable bonds is 2. The minimum atomic E-state index is -0.987. The molecular formula is C13H12NiO4. The van der Waals surface area contributed by atoms with Gasteiger partial charge in [-0.3, -0.25) is 4.79 Å². The Kier molecular flexibility index (Phi) is 2.98. The van der Waals surface area contributed by atoms with Crippen molar-refractivity contribution in [2.75, 3.05) is 0 Å². The summed E-state index contributed by atoms with van der Waals surface area (Å²) in [5.41, 5.74) is -0.107. The summed E-state index contributed by atoms with van der Waals surface area (Å²) in [5, 5.41) is 18.4. The average Bonchev–Trinajstić information content (AvgIpc) is 2.79. The Morgan fingerprint density at radius 3 is 2.61 bits per heavy atom. The van der Waals surface area contributed by atoms with Gasteiger partial charge in [0.25, 0.3) is 0 Å². The van der Waals surface area contributed by atoms with Gasteiger partial charge in [-0.2, -0.15) is 0 Å². The summed E-state index contributed by atoms with van der Waals surface area (Å²) in [6.45, 7) is 0. The third kappa shape index (κ3) is 1.50. The molecule has 3 aliphatic rings. The van der Waals surface area contributed by atoms with E-state index in [0.717, 1.165) is 0 Å². The zero-order chi connectivity index (χ0) is 12.2. The van der Waals surface area contributed by atoms with E-state index < -0.39 is 17.9 Å². The van der Waals surface area contributed by atoms with Gasteiger partial charge in [-0.25, -0.2) is 4.79 Å². The summed E-state index contributed by atoms with van der Waals surface area (Å²) >= 11 is 0. The van der Waals surface area contributed by atoms with E-state index in [1.165, 1.54) is 0 Å². The normalized spacial score (nSPS) is 38.9. The molecular weight excluding hydrogens is 279 g/mol. The van der Waals surface area contributed by atoms with Gasteiger partial charge in [0.1, 0.15) is 0 Å². The molecule has 3 rings (SSSR count). The Hall–Kier alpha value is -1.35. The predicted octanol–water partition coefficient (Wildman–Crippen LogP) is 1.46. The number of fused-ring (bicyclic) bond motifs is 1. The molecule has 0 aliphatic heterocycles. The van der Waals surface area contributed by atoms with Gasteiger partial charge in [-0.1, -0.05) is 30.4 Å². The van der Waals surface area contributed by atoms with Crippen LogP contribution in [0.5, 0.6) is 0 Å². The summed E-state index contributed by atoms with van der Waals surface area (Å²) in [6.07, 6.45) is 9.93. The van der Waals surface area contributed by atoms with Crippen LogP contribution in [0.25, 0.3) is 0 Å². The van der Waals surface area contributed by atoms with E-state index in [2.05, 4.69) is 0 Å². The molecule has 4 unspecified atom stereocenters. The molecule has 1 saturated carbocycles. The number of carboxylic acids is 2. The van der Waals surface area contributed by atoms with Crippen LogP contribution in [0.15, 0.2) is 36.0 Å². The maximum atomic E-state index is 11.3. The molecule has 0 aromatic carbocycles. The molecule has 18 heavy (non-hydrogen) atoms. The second-order valence-electron chi connectivity index (χ2n) is 4.96. The molecule has 0 aromatic rings. The molecule has 3 aliphatic carbocycles. The molecule has 1 fully saturated rings. The molecule has 0 heterocycles. The van der Waals surface area contributed by atoms with E-state index in [1.54, 1.807) is 6.08 Å². The smallest absolute Gasteiger partial charge is 0.331 e. The first-order valence-electron chi connectivity index (χ1n) is 5.60. The van der Waals surface area contributed by atoms with Gasteiger partial charge in [-0.15, -0.1) is 0 Å². The average molecular weight is 291 g/mol. The molecule has 98 valence electrons. The summed E-state index contributed by atoms with van der Waals surface area (Å²) in [4.78, 5) is 22.5. The SMILES string of the molecule is O=C(O)C1=CC23C=CC=CC2C(C(=O)O)C1C3.[Ni]. The largest absolute Gasteiger partial charge is 0.481 e. The van der Waals surface area contributed by atoms with Crippen LogP contribution in [-0.2, 0) is 26.1 Å². The third-order valence-electron chi connectivity index (χ3n) is 4.21. The number of allylic oxidation sites excluding steroid dienone is 5. The van der Waals surface area contributed by atoms with E-state index in [1.807, 2.05) is 24.3 Å². The van der Waals surface area contributed by atoms with Crippen molar-refractivity contribution >= 4 is 11.9 Å². The quantitative estimate of drug-likeness (QED) is 0.755. The van der Waals surface area contributed by atoms with Crippen LogP contribution in [-0.4, -0.2) is 22.2 Å². The third-order valence-corrected chi connectivity index (χ3v) is 4.21. The number of carbonyl (C=O) groups is 2. The van der Waals surface area contributed by atoms with Crippen molar-refractivity contribution in [3.63, 3.8) is 0 Å². The molecule has 0 amide bonds. The number of carboxylic acid groups (broad SMARTS) is 2. The van der Waals surface area contributed by atoms with Crippen molar-refractivity contribution in [1.29, 1.82) is 0 Å². The molecule has 0 aromatic heterocycles. The van der Waals surface area contributed by atoms with Crippen LogP contribution in [0, 0.1) is 23.2 Å². The van der Waals surface area contributed by atoms with Crippen LogP contribution < -0.4 is 0 Å². The van der Waals surface area contributed by atoms with Gasteiger partial charge < -0.3 is 10.2 Å². The maximum absolute atomic E-state index is 11.3. The van der Waals surface area contributed by atoms with E-state index >= 15 is 0 Å². The van der Waals surface area contributed by atoms with E-state index in [4.69, 9.17) is 5.11 Å². The topological polar surface area (TPSA) is 74.6 Å². The molecule has 4 atom stereocenters. The Bertz CT molecular complexity index is 505. The number of hydrogen-bond acceptors (Lipinski definition) is 2. The van der Waals surface area contributed by atoms with E-state index in [9.17, 15) is 14.7 Å². The Balaban J connectivity index is 0.00000120. The minimum Gasteiger partial charge on any atom is -0.481 e. The van der Waals surface area contributed by atoms with Crippen LogP contribution in [0.2, 0.25) is 0 Å². The van der Waals surface area contributed by atoms with Crippen molar-refractivity contribution in [2.45, 2.75) is 6.42 Å². The summed E-state index contributed by atoms with van der Waals surface area (Å²) in [6, 6.07) is 0. The van der Waals surface area contributed by atoms with Crippen molar-refractivity contribution in [1.82, 2.24) is 0 Å². The zero-order valence-corrected chi connectivity index (χ0v) is 10.3. The summed E-state index contributed by atoms with van der Waals surface area (Å²) in [7, 11) is 0. The molecule has 1 spiro atoms. The van der Waals surface area contributed by atoms with Gasteiger partial charge >= 0.3 is 11.9 Å². The van der Waals surface area contributed by atoms with Gasteiger partial charge in [0.15, 0.2) is 0 Å². The van der Waals surface area contributed by atoms with Gasteiger partial charge in [0, 0.05) is 39.3 Å². The maximum Gasteiger partial charge on any atom is 0.331 e. The molecule has 5 heteroatoms. The first-order valence-corrected chi connectivity index (χ1v) is 5.60. The molecule has 2 N–H and O–H groups in total. The van der Waals surface area contributed by atoms with Crippen LogP contribution >= 0.6 is 0 Å². The zero-order valence-electron chi connectivity index (χ0n) is 9.35. The fraction of sp³-hybridized carbons (Fsp3) is 0.385. The van der Waals surface area contributed by atoms with Crippen LogP contribution in [0.1, 0.15) is 6.42 Å². The van der Waals surface area contributed by atoms with E-state index in [-0.39, 0.29) is 39.3 Å². The molecule has 4 nitrogen and oxygen atoms in total.